The third-order valence-corrected chi connectivity index (χ3v) is 5.77. The van der Waals surface area contributed by atoms with Gasteiger partial charge in [0.05, 0.1) is 5.69 Å². The molecule has 1 aromatic carbocycles. The van der Waals surface area contributed by atoms with Gasteiger partial charge in [0.1, 0.15) is 12.4 Å². The van der Waals surface area contributed by atoms with Gasteiger partial charge in [-0.05, 0) is 48.7 Å². The molecule has 4 rings (SSSR count). The minimum atomic E-state index is -0.0128. The van der Waals surface area contributed by atoms with E-state index in [1.54, 1.807) is 12.3 Å². The van der Waals surface area contributed by atoms with Gasteiger partial charge in [-0.3, -0.25) is 14.6 Å². The summed E-state index contributed by atoms with van der Waals surface area (Å²) in [5.41, 5.74) is 1.81. The number of carbonyl (C=O) groups is 2. The zero-order valence-electron chi connectivity index (χ0n) is 17.1. The number of nitrogens with zero attached hydrogens (tertiary/aromatic N) is 3. The Bertz CT molecular complexity index is 884. The molecule has 0 atom stereocenters. The zero-order chi connectivity index (χ0) is 20.8. The van der Waals surface area contributed by atoms with Crippen LogP contribution >= 0.6 is 0 Å². The van der Waals surface area contributed by atoms with E-state index in [0.717, 1.165) is 36.3 Å². The molecule has 6 nitrogen and oxygen atoms in total. The van der Waals surface area contributed by atoms with Gasteiger partial charge >= 0.3 is 0 Å². The van der Waals surface area contributed by atoms with Crippen molar-refractivity contribution >= 4 is 17.9 Å². The highest BCUT2D eigenvalue weighted by Gasteiger charge is 2.31. The summed E-state index contributed by atoms with van der Waals surface area (Å²) in [4.78, 5) is 32.8. The van der Waals surface area contributed by atoms with Crippen molar-refractivity contribution in [3.63, 3.8) is 0 Å². The summed E-state index contributed by atoms with van der Waals surface area (Å²) < 4.78 is 5.73. The number of benzene rings is 1. The summed E-state index contributed by atoms with van der Waals surface area (Å²) in [5, 5.41) is 0. The van der Waals surface area contributed by atoms with E-state index in [2.05, 4.69) is 4.98 Å². The molecule has 0 spiro atoms. The molecule has 0 bridgehead atoms. The summed E-state index contributed by atoms with van der Waals surface area (Å²) >= 11 is 0. The first kappa shape index (κ1) is 20.1. The van der Waals surface area contributed by atoms with Crippen LogP contribution in [0.2, 0.25) is 0 Å². The van der Waals surface area contributed by atoms with Crippen LogP contribution in [0.4, 0.5) is 0 Å². The number of amides is 2. The summed E-state index contributed by atoms with van der Waals surface area (Å²) in [7, 11) is 0. The van der Waals surface area contributed by atoms with Crippen molar-refractivity contribution in [1.82, 2.24) is 14.8 Å². The van der Waals surface area contributed by atoms with Crippen LogP contribution in [0.25, 0.3) is 6.08 Å². The van der Waals surface area contributed by atoms with Crippen molar-refractivity contribution in [1.29, 1.82) is 0 Å². The molecule has 156 valence electrons. The number of aromatic nitrogens is 1. The van der Waals surface area contributed by atoms with Crippen LogP contribution in [0.5, 0.6) is 5.75 Å². The average Bonchev–Trinajstić information content (AvgIpc) is 2.76. The van der Waals surface area contributed by atoms with Crippen LogP contribution < -0.4 is 4.74 Å². The van der Waals surface area contributed by atoms with Crippen LogP contribution in [0, 0.1) is 5.92 Å². The molecule has 1 aromatic heterocycles. The van der Waals surface area contributed by atoms with Gasteiger partial charge in [-0.15, -0.1) is 0 Å². The first-order chi connectivity index (χ1) is 14.7. The van der Waals surface area contributed by atoms with E-state index in [9.17, 15) is 9.59 Å². The van der Waals surface area contributed by atoms with Crippen molar-refractivity contribution in [2.24, 2.45) is 5.92 Å². The van der Waals surface area contributed by atoms with Crippen LogP contribution in [-0.4, -0.2) is 52.8 Å². The Balaban J connectivity index is 1.23. The second-order valence-electron chi connectivity index (χ2n) is 7.79. The predicted octanol–water partition coefficient (Wildman–Crippen LogP) is 3.14. The Morgan fingerprint density at radius 2 is 1.73 bits per heavy atom. The third-order valence-electron chi connectivity index (χ3n) is 5.77. The van der Waals surface area contributed by atoms with Crippen LogP contribution in [0.3, 0.4) is 0 Å². The number of piperazine rings is 1. The number of carbonyl (C=O) groups excluding carboxylic acids is 2. The average molecular weight is 405 g/mol. The lowest BCUT2D eigenvalue weighted by Gasteiger charge is -2.37. The first-order valence-corrected chi connectivity index (χ1v) is 10.6. The fraction of sp³-hybridized carbons (Fsp3) is 0.375. The topological polar surface area (TPSA) is 62.7 Å². The molecule has 0 N–H and O–H groups in total. The molecule has 1 saturated carbocycles. The lowest BCUT2D eigenvalue weighted by atomic mass is 9.84. The van der Waals surface area contributed by atoms with Gasteiger partial charge in [-0.25, -0.2) is 0 Å². The molecular weight excluding hydrogens is 378 g/mol. The second-order valence-corrected chi connectivity index (χ2v) is 7.79. The maximum atomic E-state index is 12.5. The molecular formula is C24H27N3O3. The normalized spacial score (nSPS) is 17.1. The molecule has 0 unspecified atom stereocenters. The van der Waals surface area contributed by atoms with Gasteiger partial charge in [-0.1, -0.05) is 24.6 Å². The Kier molecular flexibility index (Phi) is 6.42. The molecule has 2 fully saturated rings. The van der Waals surface area contributed by atoms with Gasteiger partial charge in [0.15, 0.2) is 0 Å². The summed E-state index contributed by atoms with van der Waals surface area (Å²) in [6.07, 6.45) is 8.37. The van der Waals surface area contributed by atoms with Crippen LogP contribution in [-0.2, 0) is 16.2 Å². The summed E-state index contributed by atoms with van der Waals surface area (Å²) in [5.74, 6) is 1.25. The van der Waals surface area contributed by atoms with E-state index >= 15 is 0 Å². The van der Waals surface area contributed by atoms with Crippen molar-refractivity contribution < 1.29 is 14.3 Å². The molecule has 1 aliphatic carbocycles. The van der Waals surface area contributed by atoms with E-state index in [4.69, 9.17) is 4.74 Å². The van der Waals surface area contributed by atoms with Gasteiger partial charge in [-0.2, -0.15) is 0 Å². The Hall–Kier alpha value is -3.15. The molecule has 30 heavy (non-hydrogen) atoms. The molecule has 2 heterocycles. The van der Waals surface area contributed by atoms with Crippen molar-refractivity contribution in [3.8, 4) is 5.75 Å². The number of ether oxygens (including phenoxy) is 1. The number of rotatable bonds is 6. The standard InChI is InChI=1S/C24H27N3O3/c28-23(26-14-16-27(17-15-26)24(29)20-4-3-5-20)12-9-19-7-10-22(11-8-19)30-18-21-6-1-2-13-25-21/h1-2,6-13,20H,3-5,14-18H2/b12-9+. The van der Waals surface area contributed by atoms with E-state index in [1.165, 1.54) is 0 Å². The first-order valence-electron chi connectivity index (χ1n) is 10.6. The quantitative estimate of drug-likeness (QED) is 0.693. The SMILES string of the molecule is O=C(/C=C/c1ccc(OCc2ccccn2)cc1)N1CCN(C(=O)C2CCC2)CC1. The fourth-order valence-electron chi connectivity index (χ4n) is 3.65. The minimum absolute atomic E-state index is 0.0128. The van der Waals surface area contributed by atoms with Crippen LogP contribution in [0.1, 0.15) is 30.5 Å². The molecule has 0 radical (unpaired) electrons. The Labute approximate surface area is 177 Å². The van der Waals surface area contributed by atoms with Gasteiger partial charge in [0.2, 0.25) is 11.8 Å². The highest BCUT2D eigenvalue weighted by molar-refractivity contribution is 5.92. The predicted molar refractivity (Wildman–Crippen MR) is 115 cm³/mol. The van der Waals surface area contributed by atoms with Crippen molar-refractivity contribution in [2.45, 2.75) is 25.9 Å². The molecule has 2 aromatic rings. The van der Waals surface area contributed by atoms with Gasteiger partial charge < -0.3 is 14.5 Å². The minimum Gasteiger partial charge on any atom is -0.487 e. The Morgan fingerprint density at radius 1 is 1.00 bits per heavy atom. The number of hydrogen-bond donors (Lipinski definition) is 0. The molecule has 2 aliphatic rings. The van der Waals surface area contributed by atoms with E-state index in [1.807, 2.05) is 58.3 Å². The highest BCUT2D eigenvalue weighted by Crippen LogP contribution is 2.28. The van der Waals surface area contributed by atoms with Crippen molar-refractivity contribution in [2.75, 3.05) is 26.2 Å². The zero-order valence-corrected chi connectivity index (χ0v) is 17.1. The van der Waals surface area contributed by atoms with Gasteiger partial charge in [0.25, 0.3) is 0 Å². The molecule has 1 aliphatic heterocycles. The Morgan fingerprint density at radius 3 is 2.37 bits per heavy atom. The fourth-order valence-corrected chi connectivity index (χ4v) is 3.65. The third kappa shape index (κ3) is 5.06. The number of pyridine rings is 1. The number of hydrogen-bond acceptors (Lipinski definition) is 4. The van der Waals surface area contributed by atoms with Gasteiger partial charge in [0, 0.05) is 44.4 Å². The second kappa shape index (κ2) is 9.57. The largest absolute Gasteiger partial charge is 0.487 e. The highest BCUT2D eigenvalue weighted by atomic mass is 16.5. The monoisotopic (exact) mass is 405 g/mol. The molecule has 6 heteroatoms. The molecule has 1 saturated heterocycles. The van der Waals surface area contributed by atoms with E-state index in [0.29, 0.717) is 32.8 Å². The molecule has 2 amide bonds. The maximum absolute atomic E-state index is 12.5. The smallest absolute Gasteiger partial charge is 0.246 e. The lowest BCUT2D eigenvalue weighted by Crippen LogP contribution is -2.52. The van der Waals surface area contributed by atoms with Crippen LogP contribution in [0.15, 0.2) is 54.7 Å². The van der Waals surface area contributed by atoms with E-state index in [-0.39, 0.29) is 17.7 Å². The van der Waals surface area contributed by atoms with Crippen molar-refractivity contribution in [3.05, 3.63) is 66.0 Å². The van der Waals surface area contributed by atoms with E-state index < -0.39 is 0 Å². The summed E-state index contributed by atoms with van der Waals surface area (Å²) in [6.45, 7) is 2.89. The summed E-state index contributed by atoms with van der Waals surface area (Å²) in [6, 6.07) is 13.4. The maximum Gasteiger partial charge on any atom is 0.246 e. The lowest BCUT2D eigenvalue weighted by molar-refractivity contribution is -0.142.